The highest BCUT2D eigenvalue weighted by atomic mass is 31.2. The molecule has 1 N–H and O–H groups in total. The van der Waals surface area contributed by atoms with Crippen molar-refractivity contribution in [3.05, 3.63) is 0 Å². The smallest absolute Gasteiger partial charge is 0.324 e. The predicted octanol–water partition coefficient (Wildman–Crippen LogP) is 2.16. The van der Waals surface area contributed by atoms with Gasteiger partial charge in [0.1, 0.15) is 0 Å². The zero-order chi connectivity index (χ0) is 9.99. The molecule has 0 saturated carbocycles. The van der Waals surface area contributed by atoms with Crippen molar-refractivity contribution in [1.82, 2.24) is 0 Å². The summed E-state index contributed by atoms with van der Waals surface area (Å²) >= 11 is 0. The minimum Gasteiger partial charge on any atom is -0.324 e. The van der Waals surface area contributed by atoms with Crippen LogP contribution in [-0.2, 0) is 9.09 Å². The SMILES string of the molecule is CC(C)P(=O)(O)OCC(F)(F)F. The average Bonchev–Trinajstić information content (AvgIpc) is 1.82. The third-order valence-corrected chi connectivity index (χ3v) is 2.87. The summed E-state index contributed by atoms with van der Waals surface area (Å²) in [7, 11) is -4.08. The van der Waals surface area contributed by atoms with Gasteiger partial charge in [-0.1, -0.05) is 13.8 Å². The van der Waals surface area contributed by atoms with Gasteiger partial charge >= 0.3 is 13.8 Å². The molecule has 0 spiro atoms. The molecule has 0 heterocycles. The van der Waals surface area contributed by atoms with Crippen molar-refractivity contribution in [1.29, 1.82) is 0 Å². The lowest BCUT2D eigenvalue weighted by Gasteiger charge is -2.16. The molecular formula is C5H10F3O3P. The molecule has 0 aliphatic rings. The zero-order valence-corrected chi connectivity index (χ0v) is 7.52. The Morgan fingerprint density at radius 3 is 2.17 bits per heavy atom. The van der Waals surface area contributed by atoms with Gasteiger partial charge in [-0.25, -0.2) is 0 Å². The molecule has 1 unspecified atom stereocenters. The van der Waals surface area contributed by atoms with Crippen LogP contribution in [0.2, 0.25) is 0 Å². The van der Waals surface area contributed by atoms with E-state index in [2.05, 4.69) is 4.52 Å². The van der Waals surface area contributed by atoms with Crippen LogP contribution in [0.4, 0.5) is 13.2 Å². The molecule has 0 rings (SSSR count). The number of rotatable bonds is 3. The van der Waals surface area contributed by atoms with Gasteiger partial charge in [0.05, 0.1) is 5.66 Å². The van der Waals surface area contributed by atoms with E-state index in [1.807, 2.05) is 0 Å². The fourth-order valence-electron chi connectivity index (χ4n) is 0.315. The van der Waals surface area contributed by atoms with Gasteiger partial charge in [-0.2, -0.15) is 13.2 Å². The monoisotopic (exact) mass is 206 g/mol. The minimum atomic E-state index is -4.56. The van der Waals surface area contributed by atoms with E-state index >= 15 is 0 Å². The topological polar surface area (TPSA) is 46.5 Å². The lowest BCUT2D eigenvalue weighted by atomic mass is 10.6. The van der Waals surface area contributed by atoms with Gasteiger partial charge in [-0.15, -0.1) is 0 Å². The van der Waals surface area contributed by atoms with Gasteiger partial charge in [-0.3, -0.25) is 9.09 Å². The minimum absolute atomic E-state index is 0.820. The maximum Gasteiger partial charge on any atom is 0.412 e. The predicted molar refractivity (Wildman–Crippen MR) is 37.0 cm³/mol. The molecule has 12 heavy (non-hydrogen) atoms. The first kappa shape index (κ1) is 11.9. The molecule has 0 aromatic heterocycles. The highest BCUT2D eigenvalue weighted by Gasteiger charge is 2.34. The van der Waals surface area contributed by atoms with Gasteiger partial charge in [0.25, 0.3) is 0 Å². The largest absolute Gasteiger partial charge is 0.412 e. The molecule has 0 fully saturated rings. The Morgan fingerprint density at radius 1 is 1.50 bits per heavy atom. The molecule has 0 bridgehead atoms. The van der Waals surface area contributed by atoms with Crippen LogP contribution in [-0.4, -0.2) is 23.3 Å². The van der Waals surface area contributed by atoms with E-state index in [9.17, 15) is 17.7 Å². The van der Waals surface area contributed by atoms with Crippen molar-refractivity contribution in [2.24, 2.45) is 0 Å². The van der Waals surface area contributed by atoms with Crippen LogP contribution in [0.1, 0.15) is 13.8 Å². The number of alkyl halides is 3. The summed E-state index contributed by atoms with van der Waals surface area (Å²) in [6.45, 7) is 0.952. The van der Waals surface area contributed by atoms with Crippen LogP contribution in [0.5, 0.6) is 0 Å². The van der Waals surface area contributed by atoms with Crippen LogP contribution < -0.4 is 0 Å². The lowest BCUT2D eigenvalue weighted by molar-refractivity contribution is -0.155. The van der Waals surface area contributed by atoms with Crippen molar-refractivity contribution in [2.75, 3.05) is 6.61 Å². The van der Waals surface area contributed by atoms with Crippen LogP contribution in [0.15, 0.2) is 0 Å². The van der Waals surface area contributed by atoms with Crippen molar-refractivity contribution in [2.45, 2.75) is 25.7 Å². The molecule has 0 saturated heterocycles. The lowest BCUT2D eigenvalue weighted by Crippen LogP contribution is -2.17. The van der Waals surface area contributed by atoms with Gasteiger partial charge in [0, 0.05) is 0 Å². The highest BCUT2D eigenvalue weighted by Crippen LogP contribution is 2.47. The van der Waals surface area contributed by atoms with Gasteiger partial charge < -0.3 is 4.89 Å². The van der Waals surface area contributed by atoms with E-state index < -0.39 is 26.0 Å². The Labute approximate surface area is 68.1 Å². The molecule has 0 aliphatic carbocycles. The summed E-state index contributed by atoms with van der Waals surface area (Å²) in [5.74, 6) is 0. The highest BCUT2D eigenvalue weighted by molar-refractivity contribution is 7.53. The molecular weight excluding hydrogens is 196 g/mol. The Bertz CT molecular complexity index is 189. The number of hydrogen-bond acceptors (Lipinski definition) is 2. The van der Waals surface area contributed by atoms with Crippen molar-refractivity contribution in [3.8, 4) is 0 Å². The molecule has 0 amide bonds. The first-order valence-corrected chi connectivity index (χ1v) is 4.83. The summed E-state index contributed by atoms with van der Waals surface area (Å²) in [5.41, 5.74) is -0.820. The summed E-state index contributed by atoms with van der Waals surface area (Å²) < 4.78 is 49.1. The quantitative estimate of drug-likeness (QED) is 0.719. The van der Waals surface area contributed by atoms with Crippen LogP contribution >= 0.6 is 7.60 Å². The van der Waals surface area contributed by atoms with Gasteiger partial charge in [0.2, 0.25) is 0 Å². The van der Waals surface area contributed by atoms with E-state index in [1.165, 1.54) is 13.8 Å². The third-order valence-electron chi connectivity index (χ3n) is 1.07. The molecule has 0 aromatic rings. The van der Waals surface area contributed by atoms with Gasteiger partial charge in [-0.05, 0) is 0 Å². The summed E-state index contributed by atoms with van der Waals surface area (Å²) in [5, 5.41) is 0. The van der Waals surface area contributed by atoms with E-state index in [0.717, 1.165) is 0 Å². The van der Waals surface area contributed by atoms with E-state index in [0.29, 0.717) is 0 Å². The van der Waals surface area contributed by atoms with Crippen LogP contribution in [0.3, 0.4) is 0 Å². The second kappa shape index (κ2) is 3.77. The second-order valence-corrected chi connectivity index (χ2v) is 4.97. The first-order chi connectivity index (χ1) is 5.15. The fraction of sp³-hybridized carbons (Fsp3) is 1.00. The molecule has 0 aliphatic heterocycles. The van der Waals surface area contributed by atoms with Crippen molar-refractivity contribution in [3.63, 3.8) is 0 Å². The summed E-state index contributed by atoms with van der Waals surface area (Å²) in [6, 6.07) is 0. The molecule has 7 heteroatoms. The van der Waals surface area contributed by atoms with E-state index in [-0.39, 0.29) is 0 Å². The maximum absolute atomic E-state index is 11.5. The first-order valence-electron chi connectivity index (χ1n) is 3.19. The molecule has 0 aromatic carbocycles. The Balaban J connectivity index is 4.02. The molecule has 0 radical (unpaired) electrons. The summed E-state index contributed by atoms with van der Waals surface area (Å²) in [6.07, 6.45) is -4.56. The molecule has 74 valence electrons. The normalized spacial score (nSPS) is 17.9. The maximum atomic E-state index is 11.5. The molecule has 3 nitrogen and oxygen atoms in total. The average molecular weight is 206 g/mol. The zero-order valence-electron chi connectivity index (χ0n) is 6.63. The standard InChI is InChI=1S/C5H10F3O3P/c1-4(2)12(9,10)11-3-5(6,7)8/h4H,3H2,1-2H3,(H,9,10). The number of halogens is 3. The van der Waals surface area contributed by atoms with E-state index in [1.54, 1.807) is 0 Å². The summed E-state index contributed by atoms with van der Waals surface area (Å²) in [4.78, 5) is 8.79. The van der Waals surface area contributed by atoms with Crippen LogP contribution in [0, 0.1) is 0 Å². The fourth-order valence-corrected chi connectivity index (χ4v) is 0.944. The third kappa shape index (κ3) is 4.74. The van der Waals surface area contributed by atoms with Gasteiger partial charge in [0.15, 0.2) is 6.61 Å². The van der Waals surface area contributed by atoms with Crippen LogP contribution in [0.25, 0.3) is 0 Å². The van der Waals surface area contributed by atoms with Crippen molar-refractivity contribution >= 4 is 7.60 Å². The Hall–Kier alpha value is -0.0600. The number of hydrogen-bond donors (Lipinski definition) is 1. The van der Waals surface area contributed by atoms with Crippen molar-refractivity contribution < 1.29 is 27.2 Å². The molecule has 1 atom stereocenters. The van der Waals surface area contributed by atoms with E-state index in [4.69, 9.17) is 4.89 Å². The second-order valence-electron chi connectivity index (χ2n) is 2.55. The Kier molecular flexibility index (Phi) is 3.75. The Morgan fingerprint density at radius 2 is 1.92 bits per heavy atom.